The minimum absolute atomic E-state index is 0.0753. The molecule has 35 heavy (non-hydrogen) atoms. The molecule has 2 amide bonds. The summed E-state index contributed by atoms with van der Waals surface area (Å²) < 4.78 is 0.985. The van der Waals surface area contributed by atoms with Crippen molar-refractivity contribution >= 4 is 43.7 Å². The Kier molecular flexibility index (Phi) is 13.6. The predicted molar refractivity (Wildman–Crippen MR) is 148 cm³/mol. The van der Waals surface area contributed by atoms with Gasteiger partial charge in [0, 0.05) is 23.9 Å². The SMILES string of the molecule is CCCCCCCCC=CCCCCCCCC(=O)N1CC[C@](O)(c2cc(O)c(Br)c(Br)c2)C1=O. The third-order valence-electron chi connectivity index (χ3n) is 6.74. The molecule has 0 unspecified atom stereocenters. The van der Waals surface area contributed by atoms with E-state index in [-0.39, 0.29) is 30.2 Å². The number of aliphatic hydroxyl groups is 1. The molecule has 2 rings (SSSR count). The van der Waals surface area contributed by atoms with E-state index in [1.165, 1.54) is 62.3 Å². The van der Waals surface area contributed by atoms with E-state index >= 15 is 0 Å². The second-order valence-corrected chi connectivity index (χ2v) is 11.2. The number of carbonyl (C=O) groups excluding carboxylic acids is 2. The number of allylic oxidation sites excluding steroid dienone is 2. The summed E-state index contributed by atoms with van der Waals surface area (Å²) in [4.78, 5) is 26.7. The number of phenols is 1. The minimum atomic E-state index is -1.79. The molecule has 1 fully saturated rings. The Hall–Kier alpha value is -1.18. The molecule has 0 saturated carbocycles. The summed E-state index contributed by atoms with van der Waals surface area (Å²) in [5, 5.41) is 21.0. The van der Waals surface area contributed by atoms with Crippen molar-refractivity contribution in [2.24, 2.45) is 0 Å². The van der Waals surface area contributed by atoms with Crippen LogP contribution in [0.4, 0.5) is 0 Å². The molecule has 1 aliphatic heterocycles. The molecule has 2 N–H and O–H groups in total. The van der Waals surface area contributed by atoms with Gasteiger partial charge in [0.25, 0.3) is 5.91 Å². The van der Waals surface area contributed by atoms with E-state index in [0.29, 0.717) is 15.4 Å². The van der Waals surface area contributed by atoms with E-state index < -0.39 is 11.5 Å². The largest absolute Gasteiger partial charge is 0.507 e. The van der Waals surface area contributed by atoms with Gasteiger partial charge in [-0.15, -0.1) is 0 Å². The second kappa shape index (κ2) is 15.8. The van der Waals surface area contributed by atoms with Crippen molar-refractivity contribution in [3.8, 4) is 5.75 Å². The highest BCUT2D eigenvalue weighted by molar-refractivity contribution is 9.13. The van der Waals surface area contributed by atoms with Gasteiger partial charge in [0.2, 0.25) is 5.91 Å². The first-order chi connectivity index (χ1) is 16.8. The lowest BCUT2D eigenvalue weighted by Crippen LogP contribution is -2.40. The number of carbonyl (C=O) groups is 2. The van der Waals surface area contributed by atoms with Crippen LogP contribution in [0.1, 0.15) is 109 Å². The van der Waals surface area contributed by atoms with Gasteiger partial charge in [0.1, 0.15) is 5.75 Å². The number of phenolic OH excluding ortho intramolecular Hbond substituents is 1. The molecular formula is C28H41Br2NO4. The number of amides is 2. The molecular weight excluding hydrogens is 574 g/mol. The van der Waals surface area contributed by atoms with E-state index in [1.807, 2.05) is 0 Å². The fourth-order valence-corrected chi connectivity index (χ4v) is 5.19. The van der Waals surface area contributed by atoms with E-state index in [4.69, 9.17) is 0 Å². The van der Waals surface area contributed by atoms with Gasteiger partial charge in [-0.05, 0) is 81.7 Å². The number of likely N-dealkylation sites (tertiary alicyclic amines) is 1. The lowest BCUT2D eigenvalue weighted by atomic mass is 9.92. The molecule has 0 aliphatic carbocycles. The minimum Gasteiger partial charge on any atom is -0.507 e. The fourth-order valence-electron chi connectivity index (χ4n) is 4.51. The normalized spacial score (nSPS) is 18.2. The van der Waals surface area contributed by atoms with Crippen molar-refractivity contribution in [1.82, 2.24) is 4.90 Å². The van der Waals surface area contributed by atoms with Crippen molar-refractivity contribution in [2.75, 3.05) is 6.54 Å². The van der Waals surface area contributed by atoms with Crippen LogP contribution in [-0.2, 0) is 15.2 Å². The van der Waals surface area contributed by atoms with Gasteiger partial charge >= 0.3 is 0 Å². The molecule has 5 nitrogen and oxygen atoms in total. The molecule has 1 heterocycles. The topological polar surface area (TPSA) is 77.8 Å². The summed E-state index contributed by atoms with van der Waals surface area (Å²) in [7, 11) is 0. The van der Waals surface area contributed by atoms with Crippen LogP contribution in [0.2, 0.25) is 0 Å². The van der Waals surface area contributed by atoms with Crippen LogP contribution in [0.25, 0.3) is 0 Å². The molecule has 0 radical (unpaired) electrons. The zero-order valence-electron chi connectivity index (χ0n) is 21.0. The molecule has 196 valence electrons. The Morgan fingerprint density at radius 1 is 0.971 bits per heavy atom. The van der Waals surface area contributed by atoms with Gasteiger partial charge in [-0.3, -0.25) is 14.5 Å². The van der Waals surface area contributed by atoms with E-state index in [2.05, 4.69) is 50.9 Å². The zero-order valence-corrected chi connectivity index (χ0v) is 24.2. The first kappa shape index (κ1) is 30.0. The standard InChI is InChI=1S/C28H41Br2NO4/c1-2-3-4-5-6-7-8-9-10-11-12-13-14-15-16-17-25(33)31-19-18-28(35,27(31)34)22-20-23(29)26(30)24(32)21-22/h9-10,20-21,32,35H,2-8,11-19H2,1H3/t28-/m0/s1. The summed E-state index contributed by atoms with van der Waals surface area (Å²) >= 11 is 6.54. The van der Waals surface area contributed by atoms with Crippen molar-refractivity contribution in [2.45, 2.75) is 109 Å². The van der Waals surface area contributed by atoms with Gasteiger partial charge in [-0.1, -0.05) is 70.4 Å². The number of hydrogen-bond donors (Lipinski definition) is 2. The highest BCUT2D eigenvalue weighted by Crippen LogP contribution is 2.40. The number of halogens is 2. The van der Waals surface area contributed by atoms with Crippen LogP contribution in [0.3, 0.4) is 0 Å². The van der Waals surface area contributed by atoms with Crippen LogP contribution in [0.5, 0.6) is 5.75 Å². The lowest BCUT2D eigenvalue weighted by molar-refractivity contribution is -0.151. The lowest BCUT2D eigenvalue weighted by Gasteiger charge is -2.23. The van der Waals surface area contributed by atoms with E-state index in [9.17, 15) is 19.8 Å². The maximum Gasteiger partial charge on any atom is 0.265 e. The average molecular weight is 615 g/mol. The Morgan fingerprint density at radius 2 is 1.54 bits per heavy atom. The van der Waals surface area contributed by atoms with Crippen molar-refractivity contribution in [3.63, 3.8) is 0 Å². The van der Waals surface area contributed by atoms with Crippen molar-refractivity contribution in [1.29, 1.82) is 0 Å². The van der Waals surface area contributed by atoms with Gasteiger partial charge in [0.15, 0.2) is 5.60 Å². The molecule has 1 aromatic rings. The monoisotopic (exact) mass is 613 g/mol. The summed E-state index contributed by atoms with van der Waals surface area (Å²) in [6.45, 7) is 2.44. The number of unbranched alkanes of at least 4 members (excludes halogenated alkanes) is 11. The Bertz CT molecular complexity index is 834. The molecule has 0 aromatic heterocycles. The van der Waals surface area contributed by atoms with Crippen LogP contribution in [-0.4, -0.2) is 33.5 Å². The zero-order chi connectivity index (χ0) is 25.7. The first-order valence-electron chi connectivity index (χ1n) is 13.2. The van der Waals surface area contributed by atoms with Crippen LogP contribution < -0.4 is 0 Å². The number of rotatable bonds is 16. The van der Waals surface area contributed by atoms with Gasteiger partial charge in [-0.25, -0.2) is 0 Å². The van der Waals surface area contributed by atoms with Crippen LogP contribution >= 0.6 is 31.9 Å². The highest BCUT2D eigenvalue weighted by Gasteiger charge is 2.48. The Morgan fingerprint density at radius 3 is 2.14 bits per heavy atom. The number of nitrogens with zero attached hydrogens (tertiary/aromatic N) is 1. The van der Waals surface area contributed by atoms with Crippen LogP contribution in [0, 0.1) is 0 Å². The predicted octanol–water partition coefficient (Wildman–Crippen LogP) is 7.90. The maximum absolute atomic E-state index is 12.9. The Balaban J connectivity index is 1.59. The number of benzene rings is 1. The first-order valence-corrected chi connectivity index (χ1v) is 14.8. The number of hydrogen-bond acceptors (Lipinski definition) is 4. The summed E-state index contributed by atoms with van der Waals surface area (Å²) in [5.41, 5.74) is -1.51. The fraction of sp³-hybridized carbons (Fsp3) is 0.643. The number of aromatic hydroxyl groups is 1. The van der Waals surface area contributed by atoms with Gasteiger partial charge in [-0.2, -0.15) is 0 Å². The average Bonchev–Trinajstić information content (AvgIpc) is 3.15. The molecule has 1 aliphatic rings. The van der Waals surface area contributed by atoms with Gasteiger partial charge < -0.3 is 10.2 Å². The third-order valence-corrected chi connectivity index (χ3v) is 8.73. The van der Waals surface area contributed by atoms with Crippen molar-refractivity contribution in [3.05, 3.63) is 38.8 Å². The number of imide groups is 1. The van der Waals surface area contributed by atoms with Crippen molar-refractivity contribution < 1.29 is 19.8 Å². The smallest absolute Gasteiger partial charge is 0.265 e. The molecule has 0 spiro atoms. The highest BCUT2D eigenvalue weighted by atomic mass is 79.9. The molecule has 0 bridgehead atoms. The quantitative estimate of drug-likeness (QED) is 0.146. The molecule has 1 aromatic carbocycles. The Labute approximate surface area is 227 Å². The third kappa shape index (κ3) is 9.32. The molecule has 7 heteroatoms. The summed E-state index contributed by atoms with van der Waals surface area (Å²) in [6.07, 6.45) is 20.6. The molecule has 1 saturated heterocycles. The van der Waals surface area contributed by atoms with Crippen LogP contribution in [0.15, 0.2) is 33.2 Å². The van der Waals surface area contributed by atoms with E-state index in [1.54, 1.807) is 6.07 Å². The van der Waals surface area contributed by atoms with E-state index in [0.717, 1.165) is 32.1 Å². The summed E-state index contributed by atoms with van der Waals surface area (Å²) in [6, 6.07) is 2.96. The molecule has 1 atom stereocenters. The maximum atomic E-state index is 12.9. The van der Waals surface area contributed by atoms with Gasteiger partial charge in [0.05, 0.1) is 4.47 Å². The second-order valence-electron chi connectivity index (χ2n) is 9.59. The summed E-state index contributed by atoms with van der Waals surface area (Å²) in [5.74, 6) is -0.915.